The summed E-state index contributed by atoms with van der Waals surface area (Å²) in [6.07, 6.45) is 8.02. The molecule has 1 aliphatic carbocycles. The molecule has 0 saturated heterocycles. The number of rotatable bonds is 7. The first-order valence-electron chi connectivity index (χ1n) is 23.9. The van der Waals surface area contributed by atoms with Crippen molar-refractivity contribution in [2.24, 2.45) is 0 Å². The number of benzene rings is 11. The topological polar surface area (TPSA) is 21.3 Å². The molecule has 0 aliphatic heterocycles. The van der Waals surface area contributed by atoms with Crippen LogP contribution in [0.25, 0.3) is 104 Å². The second-order valence-corrected chi connectivity index (χ2v) is 18.3. The minimum Gasteiger partial charge on any atom is -0.455 e. The summed E-state index contributed by atoms with van der Waals surface area (Å²) < 4.78 is 9.32. The number of fused-ring (bicyclic) bond motifs is 10. The van der Waals surface area contributed by atoms with E-state index in [0.717, 1.165) is 56.6 Å². The van der Waals surface area contributed by atoms with Gasteiger partial charge in [0, 0.05) is 55.7 Å². The summed E-state index contributed by atoms with van der Waals surface area (Å²) in [5.74, 6) is 0.173. The molecule has 0 radical (unpaired) electrons. The average Bonchev–Trinajstić information content (AvgIpc) is 3.96. The zero-order chi connectivity index (χ0) is 45.4. The summed E-state index contributed by atoms with van der Waals surface area (Å²) in [4.78, 5) is 2.44. The molecular formula is C66H44N2O. The molecule has 11 aromatic carbocycles. The summed E-state index contributed by atoms with van der Waals surface area (Å²) in [6, 6.07) is 83.9. The van der Waals surface area contributed by atoms with Gasteiger partial charge in [0.05, 0.1) is 16.7 Å². The molecule has 1 aliphatic rings. The molecule has 13 aromatic rings. The van der Waals surface area contributed by atoms with Crippen LogP contribution in [0.15, 0.2) is 259 Å². The van der Waals surface area contributed by atoms with Gasteiger partial charge in [-0.25, -0.2) is 0 Å². The molecule has 0 fully saturated rings. The summed E-state index contributed by atoms with van der Waals surface area (Å²) in [5, 5.41) is 12.2. The van der Waals surface area contributed by atoms with Crippen molar-refractivity contribution >= 4 is 87.4 Å². The maximum absolute atomic E-state index is 6.87. The van der Waals surface area contributed by atoms with Crippen LogP contribution in [0.5, 0.6) is 0 Å². The summed E-state index contributed by atoms with van der Waals surface area (Å²) in [5.41, 5.74) is 14.6. The van der Waals surface area contributed by atoms with E-state index < -0.39 is 0 Å². The normalized spacial score (nSPS) is 13.9. The Labute approximate surface area is 399 Å². The SMILES string of the molecule is C1=CC(c2ccccc2-n2c3ccccc3c3ccccc32)CC=C1N(c1ccc(-c2cccc3c2ccc2ccccc23)cc1)c1ccccc1-c1cccc2c1oc1cc3ccccc3cc12. The molecule has 0 saturated carbocycles. The van der Waals surface area contributed by atoms with Crippen LogP contribution in [-0.2, 0) is 0 Å². The van der Waals surface area contributed by atoms with Crippen molar-refractivity contribution in [1.29, 1.82) is 0 Å². The minimum atomic E-state index is 0.173. The van der Waals surface area contributed by atoms with E-state index in [-0.39, 0.29) is 5.92 Å². The second-order valence-electron chi connectivity index (χ2n) is 18.3. The standard InChI is InChI=1S/C66H44N2O/c1-2-17-47-42-65-60(41-46(47)16-1)59-26-14-25-58(66(59)69-65)57-22-8-10-28-62(57)67(48-36-31-44(32-37-48)51-23-13-24-53-50-18-4-3-15-43(50)35-40-54(51)53)49-38-33-45(34-39-49)52-19-5-9-27-61(52)68-63-29-11-6-20-55(63)56-21-7-12-30-64(56)68/h1-33,35-42,45H,34H2. The molecule has 0 spiro atoms. The van der Waals surface area contributed by atoms with E-state index in [1.807, 2.05) is 0 Å². The third-order valence-electron chi connectivity index (χ3n) is 14.5. The fourth-order valence-electron chi connectivity index (χ4n) is 11.3. The molecule has 1 atom stereocenters. The molecule has 2 aromatic heterocycles. The maximum atomic E-state index is 6.87. The zero-order valence-electron chi connectivity index (χ0n) is 37.8. The quantitative estimate of drug-likeness (QED) is 0.149. The Morgan fingerprint density at radius 2 is 1.06 bits per heavy atom. The Morgan fingerprint density at radius 1 is 0.435 bits per heavy atom. The van der Waals surface area contributed by atoms with Gasteiger partial charge in [-0.2, -0.15) is 0 Å². The molecule has 69 heavy (non-hydrogen) atoms. The molecule has 14 rings (SSSR count). The maximum Gasteiger partial charge on any atom is 0.143 e. The van der Waals surface area contributed by atoms with Crippen LogP contribution in [0, 0.1) is 0 Å². The van der Waals surface area contributed by atoms with E-state index in [1.54, 1.807) is 0 Å². The fraction of sp³-hybridized carbons (Fsp3) is 0.0303. The van der Waals surface area contributed by atoms with Gasteiger partial charge in [0.15, 0.2) is 0 Å². The lowest BCUT2D eigenvalue weighted by molar-refractivity contribution is 0.670. The van der Waals surface area contributed by atoms with Crippen LogP contribution in [0.2, 0.25) is 0 Å². The van der Waals surface area contributed by atoms with Crippen LogP contribution in [0.1, 0.15) is 17.9 Å². The number of nitrogens with zero attached hydrogens (tertiary/aromatic N) is 2. The second kappa shape index (κ2) is 15.9. The molecule has 3 heteroatoms. The number of hydrogen-bond donors (Lipinski definition) is 0. The minimum absolute atomic E-state index is 0.173. The summed E-state index contributed by atoms with van der Waals surface area (Å²) in [6.45, 7) is 0. The zero-order valence-corrected chi connectivity index (χ0v) is 37.8. The average molecular weight is 881 g/mol. The highest BCUT2D eigenvalue weighted by atomic mass is 16.3. The van der Waals surface area contributed by atoms with Gasteiger partial charge in [-0.3, -0.25) is 0 Å². The summed E-state index contributed by atoms with van der Waals surface area (Å²) in [7, 11) is 0. The van der Waals surface area contributed by atoms with Crippen LogP contribution in [0.3, 0.4) is 0 Å². The van der Waals surface area contributed by atoms with Gasteiger partial charge in [-0.1, -0.05) is 194 Å². The first-order chi connectivity index (χ1) is 34.2. The molecule has 3 nitrogen and oxygen atoms in total. The van der Waals surface area contributed by atoms with Crippen LogP contribution >= 0.6 is 0 Å². The highest BCUT2D eigenvalue weighted by Gasteiger charge is 2.25. The highest BCUT2D eigenvalue weighted by molar-refractivity contribution is 6.15. The Hall–Kier alpha value is -8.92. The first-order valence-corrected chi connectivity index (χ1v) is 23.9. The van der Waals surface area contributed by atoms with Crippen molar-refractivity contribution < 1.29 is 4.42 Å². The summed E-state index contributed by atoms with van der Waals surface area (Å²) >= 11 is 0. The molecule has 0 amide bonds. The van der Waals surface area contributed by atoms with Gasteiger partial charge in [-0.05, 0) is 110 Å². The van der Waals surface area contributed by atoms with Crippen molar-refractivity contribution in [1.82, 2.24) is 4.57 Å². The largest absolute Gasteiger partial charge is 0.455 e. The molecule has 0 bridgehead atoms. The van der Waals surface area contributed by atoms with Gasteiger partial charge in [0.1, 0.15) is 11.2 Å². The smallest absolute Gasteiger partial charge is 0.143 e. The van der Waals surface area contributed by atoms with Gasteiger partial charge in [0.2, 0.25) is 0 Å². The van der Waals surface area contributed by atoms with Crippen LogP contribution in [-0.4, -0.2) is 4.57 Å². The van der Waals surface area contributed by atoms with Crippen LogP contribution < -0.4 is 4.90 Å². The van der Waals surface area contributed by atoms with Crippen molar-refractivity contribution in [2.45, 2.75) is 12.3 Å². The van der Waals surface area contributed by atoms with Gasteiger partial charge in [0.25, 0.3) is 0 Å². The monoisotopic (exact) mass is 880 g/mol. The predicted molar refractivity (Wildman–Crippen MR) is 291 cm³/mol. The lowest BCUT2D eigenvalue weighted by Crippen LogP contribution is -2.18. The van der Waals surface area contributed by atoms with Crippen molar-refractivity contribution in [3.63, 3.8) is 0 Å². The van der Waals surface area contributed by atoms with E-state index >= 15 is 0 Å². The first kappa shape index (κ1) is 39.3. The van der Waals surface area contributed by atoms with Crippen molar-refractivity contribution in [3.8, 4) is 27.9 Å². The lowest BCUT2D eigenvalue weighted by Gasteiger charge is -2.31. The van der Waals surface area contributed by atoms with E-state index in [9.17, 15) is 0 Å². The molecular weight excluding hydrogens is 837 g/mol. The Bertz CT molecular complexity index is 4190. The van der Waals surface area contributed by atoms with Crippen LogP contribution in [0.4, 0.5) is 11.4 Å². The third kappa shape index (κ3) is 6.35. The lowest BCUT2D eigenvalue weighted by atomic mass is 9.89. The Morgan fingerprint density at radius 3 is 1.84 bits per heavy atom. The fourth-order valence-corrected chi connectivity index (χ4v) is 11.3. The molecule has 0 N–H and O–H groups in total. The van der Waals surface area contributed by atoms with E-state index in [2.05, 4.69) is 258 Å². The van der Waals surface area contributed by atoms with E-state index in [0.29, 0.717) is 0 Å². The molecule has 1 unspecified atom stereocenters. The number of allylic oxidation sites excluding steroid dienone is 3. The number of anilines is 2. The Kier molecular flexibility index (Phi) is 9.03. The number of para-hydroxylation sites is 5. The Balaban J connectivity index is 0.903. The number of furan rings is 1. The van der Waals surface area contributed by atoms with Gasteiger partial charge >= 0.3 is 0 Å². The highest BCUT2D eigenvalue weighted by Crippen LogP contribution is 2.46. The van der Waals surface area contributed by atoms with Crippen molar-refractivity contribution in [3.05, 3.63) is 260 Å². The molecule has 2 heterocycles. The van der Waals surface area contributed by atoms with E-state index in [4.69, 9.17) is 4.42 Å². The van der Waals surface area contributed by atoms with Gasteiger partial charge in [-0.15, -0.1) is 0 Å². The third-order valence-corrected chi connectivity index (χ3v) is 14.5. The predicted octanol–water partition coefficient (Wildman–Crippen LogP) is 18.2. The number of aromatic nitrogens is 1. The van der Waals surface area contributed by atoms with Crippen molar-refractivity contribution in [2.75, 3.05) is 4.90 Å². The number of hydrogen-bond acceptors (Lipinski definition) is 2. The van der Waals surface area contributed by atoms with E-state index in [1.165, 1.54) is 76.5 Å². The molecule has 324 valence electrons. The van der Waals surface area contributed by atoms with Gasteiger partial charge < -0.3 is 13.9 Å².